The van der Waals surface area contributed by atoms with Crippen molar-refractivity contribution in [3.05, 3.63) is 18.2 Å². The number of likely N-dealkylation sites (tertiary alicyclic amines) is 1. The molecule has 2 fully saturated rings. The lowest BCUT2D eigenvalue weighted by Gasteiger charge is -2.31. The minimum Gasteiger partial charge on any atom is -0.331 e. The molecule has 1 aromatic heterocycles. The van der Waals surface area contributed by atoms with Gasteiger partial charge in [0.1, 0.15) is 0 Å². The molecule has 0 bridgehead atoms. The van der Waals surface area contributed by atoms with E-state index in [1.54, 1.807) is 0 Å². The van der Waals surface area contributed by atoms with E-state index in [1.165, 1.54) is 38.0 Å². The van der Waals surface area contributed by atoms with Crippen molar-refractivity contribution < 1.29 is 0 Å². The van der Waals surface area contributed by atoms with Gasteiger partial charge < -0.3 is 14.8 Å². The van der Waals surface area contributed by atoms with Gasteiger partial charge in [-0.25, -0.2) is 4.98 Å². The number of aromatic nitrogens is 2. The van der Waals surface area contributed by atoms with Crippen molar-refractivity contribution in [2.75, 3.05) is 33.2 Å². The van der Waals surface area contributed by atoms with Crippen molar-refractivity contribution in [2.45, 2.75) is 31.2 Å². The summed E-state index contributed by atoms with van der Waals surface area (Å²) in [4.78, 5) is 6.80. The van der Waals surface area contributed by atoms with E-state index in [0.717, 1.165) is 13.1 Å². The zero-order valence-electron chi connectivity index (χ0n) is 10.6. The molecule has 2 aliphatic heterocycles. The van der Waals surface area contributed by atoms with Crippen LogP contribution in [0.5, 0.6) is 0 Å². The highest BCUT2D eigenvalue weighted by Gasteiger charge is 2.25. The van der Waals surface area contributed by atoms with Crippen LogP contribution in [0, 0.1) is 0 Å². The molecule has 4 heteroatoms. The van der Waals surface area contributed by atoms with E-state index in [-0.39, 0.29) is 0 Å². The van der Waals surface area contributed by atoms with Crippen molar-refractivity contribution in [2.24, 2.45) is 0 Å². The van der Waals surface area contributed by atoms with Crippen molar-refractivity contribution in [3.63, 3.8) is 0 Å². The van der Waals surface area contributed by atoms with Gasteiger partial charge in [0.05, 0.1) is 6.33 Å². The molecule has 1 N–H and O–H groups in total. The third kappa shape index (κ3) is 2.24. The molecule has 94 valence electrons. The first-order valence-corrected chi connectivity index (χ1v) is 6.75. The summed E-state index contributed by atoms with van der Waals surface area (Å²) >= 11 is 0. The van der Waals surface area contributed by atoms with Crippen molar-refractivity contribution >= 4 is 0 Å². The molecule has 0 aromatic carbocycles. The highest BCUT2D eigenvalue weighted by molar-refractivity contribution is 5.10. The summed E-state index contributed by atoms with van der Waals surface area (Å²) in [5.74, 6) is 0.678. The Kier molecular flexibility index (Phi) is 3.16. The quantitative estimate of drug-likeness (QED) is 0.835. The van der Waals surface area contributed by atoms with E-state index < -0.39 is 0 Å². The molecule has 2 saturated heterocycles. The Balaban J connectivity index is 1.76. The predicted octanol–water partition coefficient (Wildman–Crippen LogP) is 1.23. The van der Waals surface area contributed by atoms with Crippen LogP contribution in [0.4, 0.5) is 0 Å². The summed E-state index contributed by atoms with van der Waals surface area (Å²) in [5.41, 5.74) is 1.45. The number of piperidine rings is 1. The fraction of sp³-hybridized carbons (Fsp3) is 0.769. The third-order valence-corrected chi connectivity index (χ3v) is 4.26. The fourth-order valence-corrected chi connectivity index (χ4v) is 3.12. The molecule has 3 rings (SSSR count). The van der Waals surface area contributed by atoms with Gasteiger partial charge in [0.25, 0.3) is 0 Å². The maximum absolute atomic E-state index is 4.38. The molecule has 1 aromatic rings. The molecule has 0 spiro atoms. The molecule has 0 saturated carbocycles. The minimum absolute atomic E-state index is 0.671. The van der Waals surface area contributed by atoms with Gasteiger partial charge in [0.2, 0.25) is 0 Å². The lowest BCUT2D eigenvalue weighted by atomic mass is 10.0. The Bertz CT molecular complexity index is 359. The van der Waals surface area contributed by atoms with Crippen molar-refractivity contribution in [1.82, 2.24) is 19.8 Å². The summed E-state index contributed by atoms with van der Waals surface area (Å²) in [5, 5.41) is 3.45. The zero-order valence-corrected chi connectivity index (χ0v) is 10.6. The first-order valence-electron chi connectivity index (χ1n) is 6.75. The van der Waals surface area contributed by atoms with Gasteiger partial charge in [0.15, 0.2) is 0 Å². The number of rotatable bonds is 2. The molecule has 4 nitrogen and oxygen atoms in total. The van der Waals surface area contributed by atoms with Crippen LogP contribution in [0.25, 0.3) is 0 Å². The molecule has 0 radical (unpaired) electrons. The van der Waals surface area contributed by atoms with Gasteiger partial charge in [-0.15, -0.1) is 0 Å². The predicted molar refractivity (Wildman–Crippen MR) is 68.2 cm³/mol. The Hall–Kier alpha value is -0.870. The van der Waals surface area contributed by atoms with Crippen LogP contribution in [0.2, 0.25) is 0 Å². The first-order chi connectivity index (χ1) is 8.34. The van der Waals surface area contributed by atoms with Crippen LogP contribution in [0.15, 0.2) is 12.5 Å². The molecule has 2 aliphatic rings. The molecule has 0 amide bonds. The van der Waals surface area contributed by atoms with Crippen LogP contribution in [0.3, 0.4) is 0 Å². The molecular weight excluding hydrogens is 212 g/mol. The van der Waals surface area contributed by atoms with Crippen molar-refractivity contribution in [1.29, 1.82) is 0 Å². The number of imidazole rings is 1. The van der Waals surface area contributed by atoms with Crippen LogP contribution in [-0.2, 0) is 0 Å². The lowest BCUT2D eigenvalue weighted by Crippen LogP contribution is -2.32. The number of nitrogens with zero attached hydrogens (tertiary/aromatic N) is 3. The van der Waals surface area contributed by atoms with Gasteiger partial charge >= 0.3 is 0 Å². The van der Waals surface area contributed by atoms with Crippen LogP contribution >= 0.6 is 0 Å². The molecular formula is C13H22N4. The summed E-state index contributed by atoms with van der Waals surface area (Å²) in [6.45, 7) is 4.71. The second kappa shape index (κ2) is 4.78. The van der Waals surface area contributed by atoms with Crippen molar-refractivity contribution in [3.8, 4) is 0 Å². The molecule has 3 heterocycles. The fourth-order valence-electron chi connectivity index (χ4n) is 3.12. The average Bonchev–Trinajstić information content (AvgIpc) is 3.00. The van der Waals surface area contributed by atoms with E-state index in [1.807, 2.05) is 6.33 Å². The normalized spacial score (nSPS) is 27.7. The second-order valence-electron chi connectivity index (χ2n) is 5.45. The van der Waals surface area contributed by atoms with E-state index >= 15 is 0 Å². The zero-order chi connectivity index (χ0) is 11.7. The maximum atomic E-state index is 4.38. The number of hydrogen-bond donors (Lipinski definition) is 1. The van der Waals surface area contributed by atoms with Gasteiger partial charge in [0, 0.05) is 30.4 Å². The molecule has 1 unspecified atom stereocenters. The van der Waals surface area contributed by atoms with Gasteiger partial charge in [-0.05, 0) is 45.9 Å². The van der Waals surface area contributed by atoms with E-state index in [2.05, 4.69) is 33.0 Å². The molecule has 0 aliphatic carbocycles. The molecule has 17 heavy (non-hydrogen) atoms. The smallest absolute Gasteiger partial charge is 0.0950 e. The standard InChI is InChI=1S/C13H22N4/c1-16-6-3-12(4-7-16)17-10-15-9-13(17)11-2-5-14-8-11/h9-12,14H,2-8H2,1H3. The number of nitrogens with one attached hydrogen (secondary N) is 1. The second-order valence-corrected chi connectivity index (χ2v) is 5.45. The largest absolute Gasteiger partial charge is 0.331 e. The highest BCUT2D eigenvalue weighted by Crippen LogP contribution is 2.29. The maximum Gasteiger partial charge on any atom is 0.0950 e. The lowest BCUT2D eigenvalue weighted by molar-refractivity contribution is 0.218. The van der Waals surface area contributed by atoms with Crippen LogP contribution in [-0.4, -0.2) is 47.7 Å². The molecule has 1 atom stereocenters. The Morgan fingerprint density at radius 1 is 1.29 bits per heavy atom. The number of hydrogen-bond acceptors (Lipinski definition) is 3. The van der Waals surface area contributed by atoms with Gasteiger partial charge in [-0.3, -0.25) is 0 Å². The van der Waals surface area contributed by atoms with Gasteiger partial charge in [-0.1, -0.05) is 0 Å². The SMILES string of the molecule is CN1CCC(n2cncc2C2CCNC2)CC1. The Morgan fingerprint density at radius 2 is 2.12 bits per heavy atom. The Labute approximate surface area is 103 Å². The summed E-state index contributed by atoms with van der Waals surface area (Å²) in [7, 11) is 2.21. The van der Waals surface area contributed by atoms with E-state index in [9.17, 15) is 0 Å². The summed E-state index contributed by atoms with van der Waals surface area (Å²) < 4.78 is 2.45. The van der Waals surface area contributed by atoms with Crippen LogP contribution in [0.1, 0.15) is 36.9 Å². The summed E-state index contributed by atoms with van der Waals surface area (Å²) in [6, 6.07) is 0.671. The highest BCUT2D eigenvalue weighted by atomic mass is 15.1. The Morgan fingerprint density at radius 3 is 2.82 bits per heavy atom. The van der Waals surface area contributed by atoms with E-state index in [4.69, 9.17) is 0 Å². The first kappa shape index (κ1) is 11.2. The van der Waals surface area contributed by atoms with E-state index in [0.29, 0.717) is 12.0 Å². The monoisotopic (exact) mass is 234 g/mol. The summed E-state index contributed by atoms with van der Waals surface area (Å²) in [6.07, 6.45) is 7.91. The topological polar surface area (TPSA) is 33.1 Å². The van der Waals surface area contributed by atoms with Gasteiger partial charge in [-0.2, -0.15) is 0 Å². The third-order valence-electron chi connectivity index (χ3n) is 4.26. The minimum atomic E-state index is 0.671. The van der Waals surface area contributed by atoms with Crippen LogP contribution < -0.4 is 5.32 Å². The average molecular weight is 234 g/mol.